The molecule has 0 N–H and O–H groups in total. The first-order valence-corrected chi connectivity index (χ1v) is 11.5. The van der Waals surface area contributed by atoms with Gasteiger partial charge in [0.2, 0.25) is 0 Å². The van der Waals surface area contributed by atoms with Crippen LogP contribution >= 0.6 is 11.3 Å². The summed E-state index contributed by atoms with van der Waals surface area (Å²) in [5, 5.41) is 1.15. The Morgan fingerprint density at radius 1 is 1.06 bits per heavy atom. The van der Waals surface area contributed by atoms with Crippen molar-refractivity contribution in [3.8, 4) is 16.9 Å². The molecule has 1 aliphatic rings. The molecular formula is C25H28N2O3S. The molecule has 2 heterocycles. The van der Waals surface area contributed by atoms with Crippen molar-refractivity contribution >= 4 is 22.2 Å². The van der Waals surface area contributed by atoms with Gasteiger partial charge >= 0.3 is 0 Å². The molecule has 0 atom stereocenters. The third-order valence-electron chi connectivity index (χ3n) is 5.30. The largest absolute Gasteiger partial charge is 0.494 e. The van der Waals surface area contributed by atoms with Crippen LogP contribution in [0.4, 0.5) is 5.00 Å². The monoisotopic (exact) mass is 436 g/mol. The normalized spacial score (nSPS) is 13.8. The zero-order valence-corrected chi connectivity index (χ0v) is 18.6. The highest BCUT2D eigenvalue weighted by atomic mass is 32.1. The molecule has 1 aliphatic heterocycles. The smallest absolute Gasteiger partial charge is 0.263 e. The molecule has 0 unspecified atom stereocenters. The number of amides is 1. The SMILES string of the molecule is CN(CCCOc1ccccc1)C(=O)c1cc(-c2ccccc2)c(N2CCOCC2)s1. The predicted molar refractivity (Wildman–Crippen MR) is 126 cm³/mol. The highest BCUT2D eigenvalue weighted by Gasteiger charge is 2.23. The molecule has 1 fully saturated rings. The van der Waals surface area contributed by atoms with E-state index in [-0.39, 0.29) is 5.91 Å². The molecule has 3 aromatic rings. The summed E-state index contributed by atoms with van der Waals surface area (Å²) in [6.07, 6.45) is 0.782. The van der Waals surface area contributed by atoms with E-state index in [1.165, 1.54) is 0 Å². The van der Waals surface area contributed by atoms with Gasteiger partial charge < -0.3 is 19.3 Å². The van der Waals surface area contributed by atoms with Crippen molar-refractivity contribution in [2.24, 2.45) is 0 Å². The first kappa shape index (κ1) is 21.4. The summed E-state index contributed by atoms with van der Waals surface area (Å²) in [5.41, 5.74) is 2.26. The topological polar surface area (TPSA) is 42.0 Å². The highest BCUT2D eigenvalue weighted by molar-refractivity contribution is 7.18. The average Bonchev–Trinajstić information content (AvgIpc) is 3.28. The lowest BCUT2D eigenvalue weighted by Gasteiger charge is -2.28. The Kier molecular flexibility index (Phi) is 7.22. The van der Waals surface area contributed by atoms with Crippen LogP contribution in [0.25, 0.3) is 11.1 Å². The minimum Gasteiger partial charge on any atom is -0.494 e. The molecular weight excluding hydrogens is 408 g/mol. The molecule has 0 spiro atoms. The van der Waals surface area contributed by atoms with Crippen molar-refractivity contribution in [1.82, 2.24) is 4.90 Å². The maximum absolute atomic E-state index is 13.1. The van der Waals surface area contributed by atoms with E-state index in [1.807, 2.05) is 61.6 Å². The quantitative estimate of drug-likeness (QED) is 0.476. The number of thiophene rings is 1. The van der Waals surface area contributed by atoms with Crippen molar-refractivity contribution in [2.45, 2.75) is 6.42 Å². The molecule has 6 heteroatoms. The van der Waals surface area contributed by atoms with Gasteiger partial charge in [-0.05, 0) is 30.2 Å². The molecule has 1 saturated heterocycles. The van der Waals surface area contributed by atoms with E-state index in [0.717, 1.165) is 59.5 Å². The van der Waals surface area contributed by atoms with Crippen molar-refractivity contribution in [2.75, 3.05) is 51.4 Å². The molecule has 0 aliphatic carbocycles. The summed E-state index contributed by atoms with van der Waals surface area (Å²) in [6.45, 7) is 4.37. The Bertz CT molecular complexity index is 969. The van der Waals surface area contributed by atoms with Crippen molar-refractivity contribution in [3.63, 3.8) is 0 Å². The number of morpholine rings is 1. The minimum atomic E-state index is 0.0569. The van der Waals surface area contributed by atoms with Crippen LogP contribution in [0.15, 0.2) is 66.7 Å². The van der Waals surface area contributed by atoms with Gasteiger partial charge in [0.25, 0.3) is 5.91 Å². The summed E-state index contributed by atoms with van der Waals surface area (Å²) < 4.78 is 11.3. The molecule has 0 saturated carbocycles. The van der Waals surface area contributed by atoms with Crippen LogP contribution in [0.5, 0.6) is 5.75 Å². The second-order valence-electron chi connectivity index (χ2n) is 7.54. The Morgan fingerprint density at radius 3 is 2.45 bits per heavy atom. The lowest BCUT2D eigenvalue weighted by Crippen LogP contribution is -2.35. The number of hydrogen-bond acceptors (Lipinski definition) is 5. The van der Waals surface area contributed by atoms with Crippen molar-refractivity contribution in [1.29, 1.82) is 0 Å². The predicted octanol–water partition coefficient (Wildman–Crippen LogP) is 4.79. The van der Waals surface area contributed by atoms with Gasteiger partial charge in [0, 0.05) is 32.2 Å². The lowest BCUT2D eigenvalue weighted by atomic mass is 10.1. The molecule has 31 heavy (non-hydrogen) atoms. The lowest BCUT2D eigenvalue weighted by molar-refractivity contribution is 0.0792. The van der Waals surface area contributed by atoms with Gasteiger partial charge in [-0.25, -0.2) is 0 Å². The van der Waals surface area contributed by atoms with E-state index in [9.17, 15) is 4.79 Å². The molecule has 162 valence electrons. The molecule has 2 aromatic carbocycles. The van der Waals surface area contributed by atoms with E-state index >= 15 is 0 Å². The Hall–Kier alpha value is -2.83. The molecule has 5 nitrogen and oxygen atoms in total. The minimum absolute atomic E-state index is 0.0569. The van der Waals surface area contributed by atoms with E-state index < -0.39 is 0 Å². The van der Waals surface area contributed by atoms with Gasteiger partial charge in [-0.2, -0.15) is 0 Å². The number of nitrogens with zero attached hydrogens (tertiary/aromatic N) is 2. The van der Waals surface area contributed by atoms with Crippen LogP contribution < -0.4 is 9.64 Å². The van der Waals surface area contributed by atoms with Crippen LogP contribution in [0.1, 0.15) is 16.1 Å². The second kappa shape index (κ2) is 10.5. The Labute approximate surface area is 187 Å². The van der Waals surface area contributed by atoms with Gasteiger partial charge in [-0.15, -0.1) is 11.3 Å². The maximum atomic E-state index is 13.1. The molecule has 1 amide bonds. The number of rotatable bonds is 8. The zero-order chi connectivity index (χ0) is 21.5. The van der Waals surface area contributed by atoms with E-state index in [4.69, 9.17) is 9.47 Å². The van der Waals surface area contributed by atoms with E-state index in [2.05, 4.69) is 17.0 Å². The van der Waals surface area contributed by atoms with Crippen LogP contribution in [-0.2, 0) is 4.74 Å². The van der Waals surface area contributed by atoms with E-state index in [1.54, 1.807) is 16.2 Å². The molecule has 4 rings (SSSR count). The second-order valence-corrected chi connectivity index (χ2v) is 8.57. The fourth-order valence-electron chi connectivity index (χ4n) is 3.61. The summed E-state index contributed by atoms with van der Waals surface area (Å²) in [5.74, 6) is 0.916. The zero-order valence-electron chi connectivity index (χ0n) is 17.8. The van der Waals surface area contributed by atoms with Gasteiger partial charge in [-0.3, -0.25) is 4.79 Å². The molecule has 0 radical (unpaired) electrons. The Balaban J connectivity index is 1.43. The molecule has 0 bridgehead atoms. The number of benzene rings is 2. The number of ether oxygens (including phenoxy) is 2. The average molecular weight is 437 g/mol. The first-order chi connectivity index (χ1) is 15.2. The fourth-order valence-corrected chi connectivity index (χ4v) is 4.84. The van der Waals surface area contributed by atoms with Crippen LogP contribution in [0.3, 0.4) is 0 Å². The van der Waals surface area contributed by atoms with E-state index in [0.29, 0.717) is 13.2 Å². The summed E-state index contributed by atoms with van der Waals surface area (Å²) in [4.78, 5) is 18.0. The number of carbonyl (C=O) groups excluding carboxylic acids is 1. The maximum Gasteiger partial charge on any atom is 0.263 e. The van der Waals surface area contributed by atoms with Gasteiger partial charge in [0.15, 0.2) is 0 Å². The summed E-state index contributed by atoms with van der Waals surface area (Å²) >= 11 is 1.58. The van der Waals surface area contributed by atoms with Crippen LogP contribution in [0.2, 0.25) is 0 Å². The third-order valence-corrected chi connectivity index (χ3v) is 6.49. The Morgan fingerprint density at radius 2 is 1.74 bits per heavy atom. The third kappa shape index (κ3) is 5.46. The standard InChI is InChI=1S/C25H28N2O3S/c1-26(13-8-16-30-21-11-6-3-7-12-21)24(28)23-19-22(20-9-4-2-5-10-20)25(31-23)27-14-17-29-18-15-27/h2-7,9-12,19H,8,13-18H2,1H3. The van der Waals surface area contributed by atoms with Gasteiger partial charge in [0.05, 0.1) is 29.7 Å². The first-order valence-electron chi connectivity index (χ1n) is 10.7. The number of anilines is 1. The number of para-hydroxylation sites is 1. The van der Waals surface area contributed by atoms with Crippen LogP contribution in [0, 0.1) is 0 Å². The van der Waals surface area contributed by atoms with Crippen molar-refractivity contribution < 1.29 is 14.3 Å². The van der Waals surface area contributed by atoms with Crippen molar-refractivity contribution in [3.05, 3.63) is 71.6 Å². The number of hydrogen-bond donors (Lipinski definition) is 0. The highest BCUT2D eigenvalue weighted by Crippen LogP contribution is 2.39. The molecule has 1 aromatic heterocycles. The van der Waals surface area contributed by atoms with Gasteiger partial charge in [0.1, 0.15) is 5.75 Å². The summed E-state index contributed by atoms with van der Waals surface area (Å²) in [6, 6.07) is 22.1. The fraction of sp³-hybridized carbons (Fsp3) is 0.320. The van der Waals surface area contributed by atoms with Gasteiger partial charge in [-0.1, -0.05) is 48.5 Å². The van der Waals surface area contributed by atoms with Crippen LogP contribution in [-0.4, -0.2) is 57.3 Å². The number of carbonyl (C=O) groups is 1. The summed E-state index contributed by atoms with van der Waals surface area (Å²) in [7, 11) is 1.86.